The van der Waals surface area contributed by atoms with Crippen molar-refractivity contribution in [1.82, 2.24) is 9.80 Å². The first-order chi connectivity index (χ1) is 8.69. The summed E-state index contributed by atoms with van der Waals surface area (Å²) in [6.45, 7) is 5.24. The van der Waals surface area contributed by atoms with Crippen LogP contribution in [0.4, 0.5) is 0 Å². The Morgan fingerprint density at radius 2 is 2.22 bits per heavy atom. The second-order valence-corrected chi connectivity index (χ2v) is 4.92. The summed E-state index contributed by atoms with van der Waals surface area (Å²) in [4.78, 5) is 16.1. The van der Waals surface area contributed by atoms with Gasteiger partial charge in [0.15, 0.2) is 0 Å². The van der Waals surface area contributed by atoms with Crippen LogP contribution in [0.1, 0.15) is 26.2 Å². The number of carbonyl (C=O) groups excluding carboxylic acids is 1. The molecule has 0 aliphatic carbocycles. The van der Waals surface area contributed by atoms with Crippen molar-refractivity contribution < 1.29 is 14.6 Å². The molecule has 1 fully saturated rings. The number of methoxy groups -OCH3 is 1. The summed E-state index contributed by atoms with van der Waals surface area (Å²) in [5, 5.41) is 9.00. The Labute approximate surface area is 110 Å². The Morgan fingerprint density at radius 1 is 1.44 bits per heavy atom. The maximum absolute atomic E-state index is 12.2. The molecule has 5 nitrogen and oxygen atoms in total. The van der Waals surface area contributed by atoms with Gasteiger partial charge in [0.25, 0.3) is 0 Å². The lowest BCUT2D eigenvalue weighted by molar-refractivity contribution is -0.135. The van der Waals surface area contributed by atoms with Crippen molar-refractivity contribution in [2.75, 3.05) is 46.5 Å². The molecule has 18 heavy (non-hydrogen) atoms. The van der Waals surface area contributed by atoms with Crippen LogP contribution in [0.25, 0.3) is 0 Å². The first-order valence-corrected chi connectivity index (χ1v) is 6.80. The SMILES string of the molecule is COCCN(CCO)CC(=O)N1CCCCC1C. The Balaban J connectivity index is 2.43. The van der Waals surface area contributed by atoms with Crippen LogP contribution in [0.5, 0.6) is 0 Å². The highest BCUT2D eigenvalue weighted by molar-refractivity contribution is 5.78. The molecule has 0 aromatic carbocycles. The molecule has 1 heterocycles. The molecule has 0 aromatic heterocycles. The van der Waals surface area contributed by atoms with E-state index in [1.165, 1.54) is 6.42 Å². The van der Waals surface area contributed by atoms with Crippen molar-refractivity contribution in [1.29, 1.82) is 0 Å². The molecule has 1 aliphatic rings. The first kappa shape index (κ1) is 15.4. The number of aliphatic hydroxyl groups excluding tert-OH is 1. The third-order valence-corrected chi connectivity index (χ3v) is 3.51. The van der Waals surface area contributed by atoms with Crippen molar-refractivity contribution in [3.8, 4) is 0 Å². The Morgan fingerprint density at radius 3 is 2.83 bits per heavy atom. The molecule has 0 radical (unpaired) electrons. The largest absolute Gasteiger partial charge is 0.395 e. The number of nitrogens with zero attached hydrogens (tertiary/aromatic N) is 2. The van der Waals surface area contributed by atoms with E-state index in [0.29, 0.717) is 32.3 Å². The summed E-state index contributed by atoms with van der Waals surface area (Å²) in [7, 11) is 1.64. The molecule has 0 aromatic rings. The van der Waals surface area contributed by atoms with Crippen LogP contribution in [0.15, 0.2) is 0 Å². The minimum atomic E-state index is 0.0759. The van der Waals surface area contributed by atoms with Crippen LogP contribution in [0.3, 0.4) is 0 Å². The number of ether oxygens (including phenoxy) is 1. The van der Waals surface area contributed by atoms with Crippen molar-refractivity contribution in [3.63, 3.8) is 0 Å². The van der Waals surface area contributed by atoms with Gasteiger partial charge in [0.1, 0.15) is 0 Å². The number of aliphatic hydroxyl groups is 1. The Hall–Kier alpha value is -0.650. The molecule has 0 bridgehead atoms. The van der Waals surface area contributed by atoms with Crippen LogP contribution < -0.4 is 0 Å². The summed E-state index contributed by atoms with van der Waals surface area (Å²) in [5.41, 5.74) is 0. The van der Waals surface area contributed by atoms with Gasteiger partial charge in [0.2, 0.25) is 5.91 Å². The fraction of sp³-hybridized carbons (Fsp3) is 0.923. The van der Waals surface area contributed by atoms with E-state index in [4.69, 9.17) is 9.84 Å². The molecular formula is C13H26N2O3. The molecule has 106 valence electrons. The standard InChI is InChI=1S/C13H26N2O3/c1-12-5-3-4-6-15(12)13(17)11-14(7-9-16)8-10-18-2/h12,16H,3-11H2,1-2H3. The topological polar surface area (TPSA) is 53.0 Å². The lowest BCUT2D eigenvalue weighted by Crippen LogP contribution is -2.47. The minimum Gasteiger partial charge on any atom is -0.395 e. The zero-order valence-electron chi connectivity index (χ0n) is 11.6. The van der Waals surface area contributed by atoms with Crippen LogP contribution in [0.2, 0.25) is 0 Å². The van der Waals surface area contributed by atoms with Gasteiger partial charge in [-0.05, 0) is 26.2 Å². The highest BCUT2D eigenvalue weighted by atomic mass is 16.5. The Kier molecular flexibility index (Phi) is 7.23. The number of piperidine rings is 1. The van der Waals surface area contributed by atoms with Crippen LogP contribution >= 0.6 is 0 Å². The van der Waals surface area contributed by atoms with E-state index in [1.807, 2.05) is 9.80 Å². The van der Waals surface area contributed by atoms with E-state index in [1.54, 1.807) is 7.11 Å². The summed E-state index contributed by atoms with van der Waals surface area (Å²) in [6.07, 6.45) is 3.42. The van der Waals surface area contributed by atoms with E-state index in [-0.39, 0.29) is 12.5 Å². The third-order valence-electron chi connectivity index (χ3n) is 3.51. The van der Waals surface area contributed by atoms with E-state index in [9.17, 15) is 4.79 Å². The number of rotatable bonds is 7. The van der Waals surface area contributed by atoms with Gasteiger partial charge >= 0.3 is 0 Å². The number of likely N-dealkylation sites (tertiary alicyclic amines) is 1. The Bertz CT molecular complexity index is 248. The summed E-state index contributed by atoms with van der Waals surface area (Å²) >= 11 is 0. The van der Waals surface area contributed by atoms with E-state index < -0.39 is 0 Å². The highest BCUT2D eigenvalue weighted by Crippen LogP contribution is 2.16. The van der Waals surface area contributed by atoms with Crippen molar-refractivity contribution in [3.05, 3.63) is 0 Å². The molecule has 0 saturated carbocycles. The average Bonchev–Trinajstić information content (AvgIpc) is 2.36. The van der Waals surface area contributed by atoms with Crippen LogP contribution in [0, 0.1) is 0 Å². The van der Waals surface area contributed by atoms with Crippen molar-refractivity contribution in [2.45, 2.75) is 32.2 Å². The van der Waals surface area contributed by atoms with Gasteiger partial charge in [0, 0.05) is 32.8 Å². The molecule has 1 aliphatic heterocycles. The van der Waals surface area contributed by atoms with Crippen LogP contribution in [-0.4, -0.2) is 73.4 Å². The zero-order chi connectivity index (χ0) is 13.4. The molecule has 1 amide bonds. The maximum atomic E-state index is 12.2. The molecular weight excluding hydrogens is 232 g/mol. The van der Waals surface area contributed by atoms with Gasteiger partial charge in [-0.3, -0.25) is 9.69 Å². The van der Waals surface area contributed by atoms with Crippen LogP contribution in [-0.2, 0) is 9.53 Å². The predicted octanol–water partition coefficient (Wildman–Crippen LogP) is 0.328. The smallest absolute Gasteiger partial charge is 0.236 e. The first-order valence-electron chi connectivity index (χ1n) is 6.80. The van der Waals surface area contributed by atoms with Gasteiger partial charge in [0.05, 0.1) is 19.8 Å². The fourth-order valence-corrected chi connectivity index (χ4v) is 2.38. The fourth-order valence-electron chi connectivity index (χ4n) is 2.38. The van der Waals surface area contributed by atoms with Gasteiger partial charge in [-0.15, -0.1) is 0 Å². The van der Waals surface area contributed by atoms with E-state index in [0.717, 1.165) is 19.4 Å². The molecule has 5 heteroatoms. The third kappa shape index (κ3) is 4.92. The van der Waals surface area contributed by atoms with Gasteiger partial charge in [-0.2, -0.15) is 0 Å². The van der Waals surface area contributed by atoms with E-state index >= 15 is 0 Å². The average molecular weight is 258 g/mol. The lowest BCUT2D eigenvalue weighted by Gasteiger charge is -2.35. The quantitative estimate of drug-likeness (QED) is 0.715. The monoisotopic (exact) mass is 258 g/mol. The summed E-state index contributed by atoms with van der Waals surface area (Å²) < 4.78 is 5.02. The minimum absolute atomic E-state index is 0.0759. The number of amides is 1. The predicted molar refractivity (Wildman–Crippen MR) is 70.4 cm³/mol. The van der Waals surface area contributed by atoms with E-state index in [2.05, 4.69) is 6.92 Å². The van der Waals surface area contributed by atoms with Gasteiger partial charge in [-0.1, -0.05) is 0 Å². The molecule has 1 N–H and O–H groups in total. The maximum Gasteiger partial charge on any atom is 0.236 e. The normalized spacial score (nSPS) is 20.4. The molecule has 1 rings (SSSR count). The van der Waals surface area contributed by atoms with Crippen molar-refractivity contribution >= 4 is 5.91 Å². The number of hydrogen-bond donors (Lipinski definition) is 1. The molecule has 1 unspecified atom stereocenters. The van der Waals surface area contributed by atoms with Gasteiger partial charge in [-0.25, -0.2) is 0 Å². The second-order valence-electron chi connectivity index (χ2n) is 4.92. The summed E-state index contributed by atoms with van der Waals surface area (Å²) in [6, 6.07) is 0.352. The number of hydrogen-bond acceptors (Lipinski definition) is 4. The number of carbonyl (C=O) groups is 1. The summed E-state index contributed by atoms with van der Waals surface area (Å²) in [5.74, 6) is 0.173. The zero-order valence-corrected chi connectivity index (χ0v) is 11.6. The second kappa shape index (κ2) is 8.45. The lowest BCUT2D eigenvalue weighted by atomic mass is 10.0. The molecule has 0 spiro atoms. The van der Waals surface area contributed by atoms with Crippen molar-refractivity contribution in [2.24, 2.45) is 0 Å². The van der Waals surface area contributed by atoms with Gasteiger partial charge < -0.3 is 14.7 Å². The molecule has 1 saturated heterocycles. The molecule has 1 atom stereocenters. The highest BCUT2D eigenvalue weighted by Gasteiger charge is 2.24.